The third kappa shape index (κ3) is 6.01. The van der Waals surface area contributed by atoms with Gasteiger partial charge in [-0.15, -0.1) is 0 Å². The van der Waals surface area contributed by atoms with Crippen molar-refractivity contribution in [3.8, 4) is 0 Å². The maximum atomic E-state index is 12.4. The van der Waals surface area contributed by atoms with Gasteiger partial charge in [-0.2, -0.15) is 0 Å². The number of rotatable bonds is 4. The molecule has 1 aliphatic carbocycles. The first kappa shape index (κ1) is 19.7. The largest absolute Gasteiger partial charge is 0.444 e. The highest BCUT2D eigenvalue weighted by molar-refractivity contribution is 5.80. The smallest absolute Gasteiger partial charge is 0.407 e. The molecule has 0 bridgehead atoms. The van der Waals surface area contributed by atoms with Crippen LogP contribution in [0, 0.1) is 5.92 Å². The summed E-state index contributed by atoms with van der Waals surface area (Å²) in [4.78, 5) is 24.2. The van der Waals surface area contributed by atoms with Gasteiger partial charge in [0.2, 0.25) is 5.91 Å². The van der Waals surface area contributed by atoms with E-state index in [1.54, 1.807) is 27.7 Å². The predicted octanol–water partition coefficient (Wildman–Crippen LogP) is 2.35. The summed E-state index contributed by atoms with van der Waals surface area (Å²) in [7, 11) is 0. The van der Waals surface area contributed by atoms with Crippen LogP contribution in [-0.4, -0.2) is 39.9 Å². The SMILES string of the molecule is CC(C)(C)OC(=O)N[C@H]1CC[C@@H](C(=O)NC(C)(C)C(C)(C)O)C1. The number of carbonyl (C=O) groups excluding carboxylic acids is 2. The number of alkyl carbamates (subject to hydrolysis) is 1. The highest BCUT2D eigenvalue weighted by Crippen LogP contribution is 2.28. The molecule has 1 rings (SSSR count). The molecule has 3 N–H and O–H groups in total. The minimum atomic E-state index is -1.02. The van der Waals surface area contributed by atoms with Crippen molar-refractivity contribution in [3.63, 3.8) is 0 Å². The van der Waals surface area contributed by atoms with Crippen molar-refractivity contribution in [2.75, 3.05) is 0 Å². The number of nitrogens with one attached hydrogen (secondary N) is 2. The van der Waals surface area contributed by atoms with E-state index in [1.165, 1.54) is 0 Å². The third-order valence-corrected chi connectivity index (χ3v) is 4.49. The minimum absolute atomic E-state index is 0.0501. The number of hydrogen-bond acceptors (Lipinski definition) is 4. The lowest BCUT2D eigenvalue weighted by molar-refractivity contribution is -0.130. The van der Waals surface area contributed by atoms with Crippen molar-refractivity contribution in [3.05, 3.63) is 0 Å². The molecule has 1 aliphatic rings. The number of hydrogen-bond donors (Lipinski definition) is 3. The Morgan fingerprint density at radius 2 is 1.61 bits per heavy atom. The van der Waals surface area contributed by atoms with Gasteiger partial charge in [-0.1, -0.05) is 0 Å². The van der Waals surface area contributed by atoms with Crippen molar-refractivity contribution in [1.82, 2.24) is 10.6 Å². The molecule has 134 valence electrons. The van der Waals surface area contributed by atoms with Crippen LogP contribution in [0.5, 0.6) is 0 Å². The second kappa shape index (κ2) is 6.67. The molecular weight excluding hydrogens is 296 g/mol. The van der Waals surface area contributed by atoms with E-state index in [9.17, 15) is 14.7 Å². The van der Waals surface area contributed by atoms with E-state index in [1.807, 2.05) is 20.8 Å². The van der Waals surface area contributed by atoms with Crippen molar-refractivity contribution in [1.29, 1.82) is 0 Å². The van der Waals surface area contributed by atoms with Gasteiger partial charge in [0.1, 0.15) is 5.60 Å². The molecule has 0 aliphatic heterocycles. The summed E-state index contributed by atoms with van der Waals surface area (Å²) in [6.07, 6.45) is 1.61. The summed E-state index contributed by atoms with van der Waals surface area (Å²) < 4.78 is 5.24. The maximum Gasteiger partial charge on any atom is 0.407 e. The fourth-order valence-electron chi connectivity index (χ4n) is 2.39. The Balaban J connectivity index is 2.51. The lowest BCUT2D eigenvalue weighted by Gasteiger charge is -2.38. The lowest BCUT2D eigenvalue weighted by atomic mass is 9.85. The summed E-state index contributed by atoms with van der Waals surface area (Å²) in [6.45, 7) is 12.4. The molecule has 6 nitrogen and oxygen atoms in total. The van der Waals surface area contributed by atoms with Crippen LogP contribution in [0.3, 0.4) is 0 Å². The Hall–Kier alpha value is -1.30. The van der Waals surface area contributed by atoms with E-state index in [-0.39, 0.29) is 17.9 Å². The summed E-state index contributed by atoms with van der Waals surface area (Å²) >= 11 is 0. The van der Waals surface area contributed by atoms with Gasteiger partial charge in [0.15, 0.2) is 0 Å². The number of carbonyl (C=O) groups is 2. The average Bonchev–Trinajstić information content (AvgIpc) is 2.72. The zero-order chi connectivity index (χ0) is 18.1. The monoisotopic (exact) mass is 328 g/mol. The summed E-state index contributed by atoms with van der Waals surface area (Å²) in [5.74, 6) is -0.234. The molecule has 0 heterocycles. The molecule has 0 aromatic rings. The van der Waals surface area contributed by atoms with Crippen molar-refractivity contribution in [2.45, 2.75) is 90.5 Å². The zero-order valence-electron chi connectivity index (χ0n) is 15.4. The number of aliphatic hydroxyl groups is 1. The van der Waals surface area contributed by atoms with E-state index >= 15 is 0 Å². The fraction of sp³-hybridized carbons (Fsp3) is 0.882. The van der Waals surface area contributed by atoms with Gasteiger partial charge in [-0.3, -0.25) is 4.79 Å². The van der Waals surface area contributed by atoms with Crippen LogP contribution in [0.2, 0.25) is 0 Å². The average molecular weight is 328 g/mol. The molecule has 23 heavy (non-hydrogen) atoms. The highest BCUT2D eigenvalue weighted by Gasteiger charge is 2.39. The van der Waals surface area contributed by atoms with Crippen molar-refractivity contribution >= 4 is 12.0 Å². The van der Waals surface area contributed by atoms with E-state index in [0.29, 0.717) is 12.8 Å². The molecule has 2 atom stereocenters. The van der Waals surface area contributed by atoms with Crippen LogP contribution in [0.1, 0.15) is 67.7 Å². The Kier molecular flexibility index (Phi) is 5.73. The molecule has 6 heteroatoms. The maximum absolute atomic E-state index is 12.4. The van der Waals surface area contributed by atoms with Crippen molar-refractivity contribution < 1.29 is 19.4 Å². The first-order valence-electron chi connectivity index (χ1n) is 8.25. The third-order valence-electron chi connectivity index (χ3n) is 4.49. The quantitative estimate of drug-likeness (QED) is 0.739. The number of amides is 2. The molecule has 0 aromatic carbocycles. The Labute approximate surface area is 139 Å². The Bertz CT molecular complexity index is 446. The molecule has 0 radical (unpaired) electrons. The molecule has 0 unspecified atom stereocenters. The van der Waals surface area contributed by atoms with Gasteiger partial charge in [0.05, 0.1) is 11.1 Å². The van der Waals surface area contributed by atoms with Gasteiger partial charge in [-0.05, 0) is 67.7 Å². The standard InChI is InChI=1S/C17H32N2O4/c1-15(2,3)23-14(21)18-12-9-8-11(10-12)13(20)19-16(4,5)17(6,7)22/h11-12,22H,8-10H2,1-7H3,(H,18,21)(H,19,20)/t11-,12+/m1/s1. The van der Waals surface area contributed by atoms with E-state index in [4.69, 9.17) is 4.74 Å². The van der Waals surface area contributed by atoms with Crippen LogP contribution < -0.4 is 10.6 Å². The molecule has 1 saturated carbocycles. The van der Waals surface area contributed by atoms with Gasteiger partial charge in [0.25, 0.3) is 0 Å². The molecule has 2 amide bonds. The van der Waals surface area contributed by atoms with E-state index in [2.05, 4.69) is 10.6 Å². The van der Waals surface area contributed by atoms with Gasteiger partial charge < -0.3 is 20.5 Å². The number of ether oxygens (including phenoxy) is 1. The second-order valence-electron chi connectivity index (χ2n) is 8.53. The van der Waals surface area contributed by atoms with Crippen LogP contribution in [0.25, 0.3) is 0 Å². The first-order chi connectivity index (χ1) is 10.2. The van der Waals surface area contributed by atoms with Crippen LogP contribution in [0.4, 0.5) is 4.79 Å². The van der Waals surface area contributed by atoms with Crippen LogP contribution in [0.15, 0.2) is 0 Å². The second-order valence-corrected chi connectivity index (χ2v) is 8.53. The molecular formula is C17H32N2O4. The van der Waals surface area contributed by atoms with Crippen molar-refractivity contribution in [2.24, 2.45) is 5.92 Å². The summed E-state index contributed by atoms with van der Waals surface area (Å²) in [5, 5.41) is 15.9. The molecule has 0 spiro atoms. The molecule has 0 saturated heterocycles. The molecule has 0 aromatic heterocycles. The fourth-order valence-corrected chi connectivity index (χ4v) is 2.39. The summed E-state index contributed by atoms with van der Waals surface area (Å²) in [5.41, 5.74) is -2.27. The van der Waals surface area contributed by atoms with E-state index in [0.717, 1.165) is 6.42 Å². The van der Waals surface area contributed by atoms with Gasteiger partial charge in [0, 0.05) is 12.0 Å². The van der Waals surface area contributed by atoms with Gasteiger partial charge in [-0.25, -0.2) is 4.79 Å². The molecule has 1 fully saturated rings. The topological polar surface area (TPSA) is 87.7 Å². The lowest BCUT2D eigenvalue weighted by Crippen LogP contribution is -2.58. The summed E-state index contributed by atoms with van der Waals surface area (Å²) in [6, 6.07) is -0.0501. The first-order valence-corrected chi connectivity index (χ1v) is 8.25. The Morgan fingerprint density at radius 1 is 1.04 bits per heavy atom. The van der Waals surface area contributed by atoms with Gasteiger partial charge >= 0.3 is 6.09 Å². The highest BCUT2D eigenvalue weighted by atomic mass is 16.6. The zero-order valence-corrected chi connectivity index (χ0v) is 15.4. The minimum Gasteiger partial charge on any atom is -0.444 e. The Morgan fingerprint density at radius 3 is 2.09 bits per heavy atom. The normalized spacial score (nSPS) is 22.6. The van der Waals surface area contributed by atoms with Crippen LogP contribution >= 0.6 is 0 Å². The van der Waals surface area contributed by atoms with E-state index < -0.39 is 22.8 Å². The predicted molar refractivity (Wildman–Crippen MR) is 89.0 cm³/mol. The van der Waals surface area contributed by atoms with Crippen LogP contribution in [-0.2, 0) is 9.53 Å².